The molecule has 0 amide bonds. The molecular weight excluding hydrogens is 255 g/mol. The fraction of sp³-hybridized carbons (Fsp3) is 0.0714. The van der Waals surface area contributed by atoms with E-state index in [0.717, 1.165) is 0 Å². The predicted octanol–water partition coefficient (Wildman–Crippen LogP) is 3.87. The number of halogens is 2. The van der Waals surface area contributed by atoms with Gasteiger partial charge in [-0.2, -0.15) is 0 Å². The lowest BCUT2D eigenvalue weighted by Crippen LogP contribution is -1.98. The van der Waals surface area contributed by atoms with Crippen LogP contribution < -0.4 is 4.74 Å². The minimum Gasteiger partial charge on any atom is -0.489 e. The molecule has 0 heterocycles. The van der Waals surface area contributed by atoms with Gasteiger partial charge in [-0.1, -0.05) is 29.8 Å². The van der Waals surface area contributed by atoms with Crippen LogP contribution in [0, 0.1) is 5.82 Å². The molecule has 0 saturated heterocycles. The molecule has 0 unspecified atom stereocenters. The van der Waals surface area contributed by atoms with Crippen LogP contribution >= 0.6 is 11.6 Å². The predicted molar refractivity (Wildman–Crippen MR) is 67.6 cm³/mol. The summed E-state index contributed by atoms with van der Waals surface area (Å²) in [5.74, 6) is 0.114. The minimum atomic E-state index is -0.324. The molecule has 0 saturated carbocycles. The lowest BCUT2D eigenvalue weighted by molar-refractivity contribution is 0.112. The van der Waals surface area contributed by atoms with Gasteiger partial charge in [-0.05, 0) is 24.3 Å². The molecule has 0 atom stereocenters. The third kappa shape index (κ3) is 3.08. The van der Waals surface area contributed by atoms with Gasteiger partial charge in [0.15, 0.2) is 0 Å². The molecule has 18 heavy (non-hydrogen) atoms. The molecule has 0 aliphatic rings. The molecule has 0 fully saturated rings. The van der Waals surface area contributed by atoms with E-state index in [2.05, 4.69) is 0 Å². The van der Waals surface area contributed by atoms with Gasteiger partial charge in [-0.15, -0.1) is 0 Å². The Hall–Kier alpha value is -1.87. The van der Waals surface area contributed by atoms with Crippen molar-refractivity contribution in [1.82, 2.24) is 0 Å². The second-order valence-corrected chi connectivity index (χ2v) is 4.15. The van der Waals surface area contributed by atoms with Crippen molar-refractivity contribution in [3.63, 3.8) is 0 Å². The summed E-state index contributed by atoms with van der Waals surface area (Å²) in [6.45, 7) is 0.0886. The molecule has 4 heteroatoms. The summed E-state index contributed by atoms with van der Waals surface area (Å²) in [5, 5.41) is 0.406. The first-order valence-electron chi connectivity index (χ1n) is 5.31. The van der Waals surface area contributed by atoms with Gasteiger partial charge in [0.1, 0.15) is 24.5 Å². The lowest BCUT2D eigenvalue weighted by Gasteiger charge is -2.08. The van der Waals surface area contributed by atoms with Crippen molar-refractivity contribution in [1.29, 1.82) is 0 Å². The standard InChI is InChI=1S/C14H10ClFO2/c15-12-5-10(8-17)6-13(7-12)18-9-11-3-1-2-4-14(11)16/h1-8H,9H2. The van der Waals surface area contributed by atoms with Gasteiger partial charge in [0.2, 0.25) is 0 Å². The lowest BCUT2D eigenvalue weighted by atomic mass is 10.2. The summed E-state index contributed by atoms with van der Waals surface area (Å²) < 4.78 is 18.8. The number of aldehydes is 1. The fourth-order valence-corrected chi connectivity index (χ4v) is 1.75. The first kappa shape index (κ1) is 12.6. The molecule has 0 aromatic heterocycles. The Kier molecular flexibility index (Phi) is 3.95. The van der Waals surface area contributed by atoms with Crippen molar-refractivity contribution in [2.75, 3.05) is 0 Å². The van der Waals surface area contributed by atoms with E-state index in [1.807, 2.05) is 0 Å². The van der Waals surface area contributed by atoms with Gasteiger partial charge in [-0.25, -0.2) is 4.39 Å². The van der Waals surface area contributed by atoms with Crippen LogP contribution in [0.2, 0.25) is 5.02 Å². The molecule has 92 valence electrons. The van der Waals surface area contributed by atoms with Crippen LogP contribution in [0.5, 0.6) is 5.75 Å². The van der Waals surface area contributed by atoms with Gasteiger partial charge in [0.25, 0.3) is 0 Å². The highest BCUT2D eigenvalue weighted by atomic mass is 35.5. The Morgan fingerprint density at radius 3 is 2.72 bits per heavy atom. The molecular formula is C14H10ClFO2. The van der Waals surface area contributed by atoms with E-state index in [4.69, 9.17) is 16.3 Å². The Balaban J connectivity index is 2.13. The van der Waals surface area contributed by atoms with Crippen molar-refractivity contribution in [2.45, 2.75) is 6.61 Å². The Morgan fingerprint density at radius 1 is 1.22 bits per heavy atom. The van der Waals surface area contributed by atoms with Crippen LogP contribution in [0.4, 0.5) is 4.39 Å². The number of ether oxygens (including phenoxy) is 1. The maximum atomic E-state index is 13.4. The summed E-state index contributed by atoms with van der Waals surface area (Å²) in [7, 11) is 0. The molecule has 0 radical (unpaired) electrons. The third-order valence-corrected chi connectivity index (χ3v) is 2.60. The van der Waals surface area contributed by atoms with E-state index >= 15 is 0 Å². The Morgan fingerprint density at radius 2 is 2.00 bits per heavy atom. The van der Waals surface area contributed by atoms with Crippen LogP contribution in [0.1, 0.15) is 15.9 Å². The number of carbonyl (C=O) groups is 1. The van der Waals surface area contributed by atoms with Crippen molar-refractivity contribution in [2.24, 2.45) is 0 Å². The summed E-state index contributed by atoms with van der Waals surface area (Å²) >= 11 is 5.83. The summed E-state index contributed by atoms with van der Waals surface area (Å²) in [5.41, 5.74) is 0.871. The second kappa shape index (κ2) is 5.65. The SMILES string of the molecule is O=Cc1cc(Cl)cc(OCc2ccccc2F)c1. The quantitative estimate of drug-likeness (QED) is 0.784. The molecule has 0 bridgehead atoms. The molecule has 2 rings (SSSR count). The van der Waals surface area contributed by atoms with Gasteiger partial charge in [0.05, 0.1) is 0 Å². The molecule has 0 aliphatic heterocycles. The maximum absolute atomic E-state index is 13.4. The van der Waals surface area contributed by atoms with Gasteiger partial charge < -0.3 is 4.74 Å². The van der Waals surface area contributed by atoms with Crippen LogP contribution in [0.25, 0.3) is 0 Å². The van der Waals surface area contributed by atoms with Crippen LogP contribution in [0.3, 0.4) is 0 Å². The van der Waals surface area contributed by atoms with Crippen molar-refractivity contribution in [3.8, 4) is 5.75 Å². The molecule has 2 nitrogen and oxygen atoms in total. The number of hydrogen-bond acceptors (Lipinski definition) is 2. The van der Waals surface area contributed by atoms with E-state index < -0.39 is 0 Å². The van der Waals surface area contributed by atoms with Crippen LogP contribution in [0.15, 0.2) is 42.5 Å². The van der Waals surface area contributed by atoms with Gasteiger partial charge in [-0.3, -0.25) is 4.79 Å². The largest absolute Gasteiger partial charge is 0.489 e. The molecule has 0 spiro atoms. The van der Waals surface area contributed by atoms with Crippen molar-refractivity contribution in [3.05, 3.63) is 64.4 Å². The number of benzene rings is 2. The van der Waals surface area contributed by atoms with Gasteiger partial charge in [0, 0.05) is 16.1 Å². The highest BCUT2D eigenvalue weighted by molar-refractivity contribution is 6.31. The molecule has 0 N–H and O–H groups in total. The average Bonchev–Trinajstić information content (AvgIpc) is 2.37. The Bertz CT molecular complexity index is 569. The summed E-state index contributed by atoms with van der Waals surface area (Å²) in [4.78, 5) is 10.7. The number of rotatable bonds is 4. The molecule has 2 aromatic carbocycles. The third-order valence-electron chi connectivity index (χ3n) is 2.38. The first-order valence-corrected chi connectivity index (χ1v) is 5.69. The number of hydrogen-bond donors (Lipinski definition) is 0. The number of carbonyl (C=O) groups excluding carboxylic acids is 1. The zero-order chi connectivity index (χ0) is 13.0. The molecule has 2 aromatic rings. The highest BCUT2D eigenvalue weighted by Gasteiger charge is 2.04. The minimum absolute atomic E-state index is 0.0886. The maximum Gasteiger partial charge on any atom is 0.150 e. The monoisotopic (exact) mass is 264 g/mol. The van der Waals surface area contributed by atoms with E-state index in [1.54, 1.807) is 30.3 Å². The van der Waals surface area contributed by atoms with Crippen LogP contribution in [-0.4, -0.2) is 6.29 Å². The fourth-order valence-electron chi connectivity index (χ4n) is 1.51. The van der Waals surface area contributed by atoms with Crippen molar-refractivity contribution >= 4 is 17.9 Å². The summed E-state index contributed by atoms with van der Waals surface area (Å²) in [6, 6.07) is 11.0. The zero-order valence-corrected chi connectivity index (χ0v) is 10.2. The second-order valence-electron chi connectivity index (χ2n) is 3.72. The highest BCUT2D eigenvalue weighted by Crippen LogP contribution is 2.21. The topological polar surface area (TPSA) is 26.3 Å². The average molecular weight is 265 g/mol. The summed E-state index contributed by atoms with van der Waals surface area (Å²) in [6.07, 6.45) is 0.682. The zero-order valence-electron chi connectivity index (χ0n) is 9.40. The van der Waals surface area contributed by atoms with Crippen LogP contribution in [-0.2, 0) is 6.61 Å². The smallest absolute Gasteiger partial charge is 0.150 e. The molecule has 0 aliphatic carbocycles. The van der Waals surface area contributed by atoms with E-state index in [1.165, 1.54) is 12.1 Å². The van der Waals surface area contributed by atoms with Crippen molar-refractivity contribution < 1.29 is 13.9 Å². The van der Waals surface area contributed by atoms with E-state index in [9.17, 15) is 9.18 Å². The first-order chi connectivity index (χ1) is 8.69. The van der Waals surface area contributed by atoms with E-state index in [-0.39, 0.29) is 12.4 Å². The van der Waals surface area contributed by atoms with E-state index in [0.29, 0.717) is 28.2 Å². The normalized spacial score (nSPS) is 10.1. The van der Waals surface area contributed by atoms with Gasteiger partial charge >= 0.3 is 0 Å². The Labute approximate surface area is 109 Å².